The van der Waals surface area contributed by atoms with E-state index < -0.39 is 0 Å². The Bertz CT molecular complexity index is 948. The van der Waals surface area contributed by atoms with Gasteiger partial charge in [-0.25, -0.2) is 4.98 Å². The number of imidazole rings is 1. The van der Waals surface area contributed by atoms with Crippen LogP contribution in [0.4, 0.5) is 5.69 Å². The Hall–Kier alpha value is -3.08. The zero-order chi connectivity index (χ0) is 18.1. The molecule has 1 amide bonds. The van der Waals surface area contributed by atoms with E-state index in [-0.39, 0.29) is 18.4 Å². The minimum absolute atomic E-state index is 0.0669. The maximum atomic E-state index is 11.5. The van der Waals surface area contributed by atoms with Crippen molar-refractivity contribution in [3.63, 3.8) is 0 Å². The number of hydrogen-bond donors (Lipinski definition) is 2. The molecule has 1 aliphatic rings. The van der Waals surface area contributed by atoms with Gasteiger partial charge >= 0.3 is 0 Å². The van der Waals surface area contributed by atoms with Crippen LogP contribution in [-0.4, -0.2) is 22.5 Å². The summed E-state index contributed by atoms with van der Waals surface area (Å²) < 4.78 is 5.57. The largest absolute Gasteiger partial charge is 0.482 e. The first kappa shape index (κ1) is 16.4. The van der Waals surface area contributed by atoms with Crippen molar-refractivity contribution in [3.05, 3.63) is 76.9 Å². The lowest BCUT2D eigenvalue weighted by Crippen LogP contribution is -2.25. The number of amides is 1. The Morgan fingerprint density at radius 2 is 2.12 bits per heavy atom. The molecule has 0 fully saturated rings. The van der Waals surface area contributed by atoms with Crippen LogP contribution >= 0.6 is 0 Å². The quantitative estimate of drug-likeness (QED) is 0.756. The van der Waals surface area contributed by atoms with E-state index in [1.54, 1.807) is 6.33 Å². The van der Waals surface area contributed by atoms with Gasteiger partial charge in [-0.1, -0.05) is 24.3 Å². The minimum atomic E-state index is -0.115. The lowest BCUT2D eigenvalue weighted by atomic mass is 9.85. The van der Waals surface area contributed by atoms with E-state index in [0.717, 1.165) is 29.1 Å². The van der Waals surface area contributed by atoms with Gasteiger partial charge in [0, 0.05) is 17.8 Å². The Kier molecular flexibility index (Phi) is 4.21. The Morgan fingerprint density at radius 1 is 1.23 bits per heavy atom. The Balaban J connectivity index is 1.70. The molecule has 1 aliphatic heterocycles. The smallest absolute Gasteiger partial charge is 0.262 e. The van der Waals surface area contributed by atoms with Crippen LogP contribution < -0.4 is 10.1 Å². The van der Waals surface area contributed by atoms with Crippen molar-refractivity contribution in [1.29, 1.82) is 0 Å². The summed E-state index contributed by atoms with van der Waals surface area (Å²) in [5.74, 6) is 0.788. The van der Waals surface area contributed by atoms with E-state index in [4.69, 9.17) is 4.74 Å². The highest BCUT2D eigenvalue weighted by Crippen LogP contribution is 2.34. The Labute approximate surface area is 152 Å². The third-order valence-electron chi connectivity index (χ3n) is 5.04. The highest BCUT2D eigenvalue weighted by Gasteiger charge is 2.21. The van der Waals surface area contributed by atoms with Crippen LogP contribution in [-0.2, 0) is 11.2 Å². The van der Waals surface area contributed by atoms with Crippen molar-refractivity contribution >= 4 is 11.6 Å². The van der Waals surface area contributed by atoms with E-state index in [9.17, 15) is 4.79 Å². The molecule has 2 N–H and O–H groups in total. The fourth-order valence-electron chi connectivity index (χ4n) is 3.48. The summed E-state index contributed by atoms with van der Waals surface area (Å²) in [6.07, 6.45) is 4.43. The summed E-state index contributed by atoms with van der Waals surface area (Å²) in [6.45, 7) is 4.37. The summed E-state index contributed by atoms with van der Waals surface area (Å²) >= 11 is 0. The van der Waals surface area contributed by atoms with Crippen molar-refractivity contribution in [2.45, 2.75) is 26.2 Å². The molecule has 0 aliphatic carbocycles. The average Bonchev–Trinajstić information content (AvgIpc) is 3.17. The van der Waals surface area contributed by atoms with Crippen molar-refractivity contribution in [3.8, 4) is 5.75 Å². The average molecular weight is 347 g/mol. The first-order valence-electron chi connectivity index (χ1n) is 8.72. The van der Waals surface area contributed by atoms with E-state index >= 15 is 0 Å². The highest BCUT2D eigenvalue weighted by atomic mass is 16.5. The predicted molar refractivity (Wildman–Crippen MR) is 101 cm³/mol. The van der Waals surface area contributed by atoms with Crippen molar-refractivity contribution in [2.24, 2.45) is 0 Å². The number of anilines is 1. The van der Waals surface area contributed by atoms with Gasteiger partial charge < -0.3 is 15.0 Å². The molecule has 2 heterocycles. The maximum Gasteiger partial charge on any atom is 0.262 e. The van der Waals surface area contributed by atoms with Gasteiger partial charge in [0.1, 0.15) is 5.75 Å². The predicted octanol–water partition coefficient (Wildman–Crippen LogP) is 3.73. The number of carbonyl (C=O) groups is 1. The van der Waals surface area contributed by atoms with Gasteiger partial charge in [-0.15, -0.1) is 0 Å². The third kappa shape index (κ3) is 3.08. The fourth-order valence-corrected chi connectivity index (χ4v) is 3.48. The molecule has 0 bridgehead atoms. The molecule has 2 aromatic carbocycles. The van der Waals surface area contributed by atoms with Gasteiger partial charge in [-0.2, -0.15) is 0 Å². The van der Waals surface area contributed by atoms with Crippen LogP contribution in [0.1, 0.15) is 33.9 Å². The molecule has 0 radical (unpaired) electrons. The second-order valence-corrected chi connectivity index (χ2v) is 6.72. The van der Waals surface area contributed by atoms with E-state index in [0.29, 0.717) is 0 Å². The standard InChI is InChI=1S/C21H21N3O2/c1-13-4-3-5-16(14(13)2)17(19-10-22-12-23-19)8-15-6-7-18-20(9-15)26-11-21(25)24-18/h3-7,9-10,12,17H,8,11H2,1-2H3,(H,22,23)(H,24,25). The minimum Gasteiger partial charge on any atom is -0.482 e. The number of aromatic amines is 1. The SMILES string of the molecule is Cc1cccc(C(Cc2ccc3c(c2)OCC(=O)N3)c2cnc[nH]2)c1C. The topological polar surface area (TPSA) is 67.0 Å². The van der Waals surface area contributed by atoms with Gasteiger partial charge in [-0.05, 0) is 54.7 Å². The number of ether oxygens (including phenoxy) is 1. The number of nitrogens with zero attached hydrogens (tertiary/aromatic N) is 1. The summed E-state index contributed by atoms with van der Waals surface area (Å²) in [4.78, 5) is 18.9. The van der Waals surface area contributed by atoms with Crippen molar-refractivity contribution in [2.75, 3.05) is 11.9 Å². The van der Waals surface area contributed by atoms with E-state index in [1.807, 2.05) is 24.4 Å². The Morgan fingerprint density at radius 3 is 2.92 bits per heavy atom. The third-order valence-corrected chi connectivity index (χ3v) is 5.04. The van der Waals surface area contributed by atoms with Gasteiger partial charge in [-0.3, -0.25) is 4.79 Å². The number of rotatable bonds is 4. The van der Waals surface area contributed by atoms with Crippen molar-refractivity contribution in [1.82, 2.24) is 9.97 Å². The molecule has 5 nitrogen and oxygen atoms in total. The number of hydrogen-bond acceptors (Lipinski definition) is 3. The first-order valence-corrected chi connectivity index (χ1v) is 8.72. The number of aryl methyl sites for hydroxylation is 1. The monoisotopic (exact) mass is 347 g/mol. The fraction of sp³-hybridized carbons (Fsp3) is 0.238. The second kappa shape index (κ2) is 6.67. The number of fused-ring (bicyclic) bond motifs is 1. The highest BCUT2D eigenvalue weighted by molar-refractivity contribution is 5.95. The molecule has 1 atom stereocenters. The molecule has 0 saturated carbocycles. The molecular weight excluding hydrogens is 326 g/mol. The molecular formula is C21H21N3O2. The molecule has 1 unspecified atom stereocenters. The van der Waals surface area contributed by atoms with Gasteiger partial charge in [0.25, 0.3) is 5.91 Å². The summed E-state index contributed by atoms with van der Waals surface area (Å²) in [6, 6.07) is 12.4. The maximum absolute atomic E-state index is 11.5. The molecule has 4 rings (SSSR count). The molecule has 1 aromatic heterocycles. The molecule has 132 valence electrons. The molecule has 3 aromatic rings. The number of carbonyl (C=O) groups excluding carboxylic acids is 1. The molecule has 0 saturated heterocycles. The molecule has 0 spiro atoms. The van der Waals surface area contributed by atoms with Crippen LogP contribution in [0.3, 0.4) is 0 Å². The summed E-state index contributed by atoms with van der Waals surface area (Å²) in [5, 5.41) is 2.84. The summed E-state index contributed by atoms with van der Waals surface area (Å²) in [7, 11) is 0. The van der Waals surface area contributed by atoms with Crippen LogP contribution in [0.5, 0.6) is 5.75 Å². The van der Waals surface area contributed by atoms with Gasteiger partial charge in [0.2, 0.25) is 0 Å². The lowest BCUT2D eigenvalue weighted by Gasteiger charge is -2.22. The number of aromatic nitrogens is 2. The van der Waals surface area contributed by atoms with Gasteiger partial charge in [0.05, 0.1) is 12.0 Å². The zero-order valence-electron chi connectivity index (χ0n) is 14.9. The van der Waals surface area contributed by atoms with Crippen molar-refractivity contribution < 1.29 is 9.53 Å². The van der Waals surface area contributed by atoms with Crippen LogP contribution in [0, 0.1) is 13.8 Å². The van der Waals surface area contributed by atoms with Crippen LogP contribution in [0.25, 0.3) is 0 Å². The summed E-state index contributed by atoms with van der Waals surface area (Å²) in [5.41, 5.74) is 6.85. The lowest BCUT2D eigenvalue weighted by molar-refractivity contribution is -0.118. The van der Waals surface area contributed by atoms with Crippen LogP contribution in [0.15, 0.2) is 48.9 Å². The normalized spacial score (nSPS) is 14.3. The van der Waals surface area contributed by atoms with E-state index in [2.05, 4.69) is 47.3 Å². The first-order chi connectivity index (χ1) is 12.6. The molecule has 5 heteroatoms. The van der Waals surface area contributed by atoms with Gasteiger partial charge in [0.15, 0.2) is 6.61 Å². The van der Waals surface area contributed by atoms with E-state index in [1.165, 1.54) is 16.7 Å². The molecule has 26 heavy (non-hydrogen) atoms. The number of H-pyrrole nitrogens is 1. The number of nitrogens with one attached hydrogen (secondary N) is 2. The zero-order valence-corrected chi connectivity index (χ0v) is 14.9. The number of benzene rings is 2. The second-order valence-electron chi connectivity index (χ2n) is 6.72. The van der Waals surface area contributed by atoms with Crippen LogP contribution in [0.2, 0.25) is 0 Å².